The molecule has 18 heavy (non-hydrogen) atoms. The van der Waals surface area contributed by atoms with E-state index in [1.807, 2.05) is 0 Å². The molecule has 0 amide bonds. The summed E-state index contributed by atoms with van der Waals surface area (Å²) in [5, 5.41) is 0. The third kappa shape index (κ3) is 5.67. The first kappa shape index (κ1) is 17.9. The fraction of sp³-hybridized carbons (Fsp3) is 1.00. The smallest absolute Gasteiger partial charge is 0.154 e. The topological polar surface area (TPSA) is 72.2 Å². The molecule has 0 radical (unpaired) electrons. The number of hydrogen-bond donors (Lipinski definition) is 2. The van der Waals surface area contributed by atoms with Crippen LogP contribution in [0.15, 0.2) is 0 Å². The Hall–Kier alpha value is -0.130. The van der Waals surface area contributed by atoms with E-state index in [4.69, 9.17) is 5.84 Å². The average molecular weight is 278 g/mol. The number of hydrazine groups is 1. The van der Waals surface area contributed by atoms with E-state index in [0.29, 0.717) is 0 Å². The molecule has 0 aliphatic heterocycles. The van der Waals surface area contributed by atoms with Crippen molar-refractivity contribution in [2.45, 2.75) is 76.5 Å². The summed E-state index contributed by atoms with van der Waals surface area (Å²) >= 11 is 0. The Morgan fingerprint density at radius 2 is 1.61 bits per heavy atom. The molecular weight excluding hydrogens is 248 g/mol. The maximum atomic E-state index is 11.7. The van der Waals surface area contributed by atoms with Crippen molar-refractivity contribution in [3.63, 3.8) is 0 Å². The SMILES string of the molecule is CCCCCCCCC(NN)C(C)(C)S(C)(=O)=O. The second-order valence-electron chi connectivity index (χ2n) is 5.65. The zero-order valence-electron chi connectivity index (χ0n) is 12.3. The molecule has 0 spiro atoms. The van der Waals surface area contributed by atoms with Crippen molar-refractivity contribution in [3.05, 3.63) is 0 Å². The lowest BCUT2D eigenvalue weighted by molar-refractivity contribution is 0.380. The minimum atomic E-state index is -3.11. The highest BCUT2D eigenvalue weighted by Crippen LogP contribution is 2.23. The second kappa shape index (κ2) is 8.12. The van der Waals surface area contributed by atoms with Gasteiger partial charge < -0.3 is 0 Å². The summed E-state index contributed by atoms with van der Waals surface area (Å²) in [6.07, 6.45) is 9.29. The Kier molecular flexibility index (Phi) is 8.06. The third-order valence-corrected chi connectivity index (χ3v) is 6.04. The fourth-order valence-electron chi connectivity index (χ4n) is 2.02. The minimum Gasteiger partial charge on any atom is -0.271 e. The quantitative estimate of drug-likeness (QED) is 0.366. The lowest BCUT2D eigenvalue weighted by atomic mass is 9.97. The molecule has 5 heteroatoms. The molecule has 0 saturated carbocycles. The first-order valence-electron chi connectivity index (χ1n) is 6.93. The van der Waals surface area contributed by atoms with E-state index in [9.17, 15) is 8.42 Å². The van der Waals surface area contributed by atoms with Gasteiger partial charge in [-0.25, -0.2) is 8.42 Å². The molecule has 0 aromatic carbocycles. The van der Waals surface area contributed by atoms with Crippen molar-refractivity contribution in [1.29, 1.82) is 0 Å². The Bertz CT molecular complexity index is 313. The highest BCUT2D eigenvalue weighted by atomic mass is 32.2. The van der Waals surface area contributed by atoms with Crippen molar-refractivity contribution in [1.82, 2.24) is 5.43 Å². The van der Waals surface area contributed by atoms with Crippen LogP contribution in [-0.2, 0) is 9.84 Å². The summed E-state index contributed by atoms with van der Waals surface area (Å²) in [5.74, 6) is 5.50. The van der Waals surface area contributed by atoms with Crippen molar-refractivity contribution >= 4 is 9.84 Å². The van der Waals surface area contributed by atoms with Crippen LogP contribution in [-0.4, -0.2) is 25.5 Å². The highest BCUT2D eigenvalue weighted by molar-refractivity contribution is 7.92. The predicted molar refractivity (Wildman–Crippen MR) is 78.0 cm³/mol. The van der Waals surface area contributed by atoms with Gasteiger partial charge in [-0.1, -0.05) is 45.4 Å². The first-order valence-corrected chi connectivity index (χ1v) is 8.82. The Labute approximate surface area is 113 Å². The molecule has 0 saturated heterocycles. The van der Waals surface area contributed by atoms with Gasteiger partial charge in [-0.3, -0.25) is 11.3 Å². The number of rotatable bonds is 10. The summed E-state index contributed by atoms with van der Waals surface area (Å²) in [6, 6.07) is -0.182. The van der Waals surface area contributed by atoms with Gasteiger partial charge in [0, 0.05) is 12.3 Å². The van der Waals surface area contributed by atoms with Gasteiger partial charge in [-0.15, -0.1) is 0 Å². The normalized spacial score (nSPS) is 14.7. The summed E-state index contributed by atoms with van der Waals surface area (Å²) in [7, 11) is -3.11. The Morgan fingerprint density at radius 3 is 2.06 bits per heavy atom. The second-order valence-corrected chi connectivity index (χ2v) is 8.25. The molecule has 0 aliphatic rings. The van der Waals surface area contributed by atoms with Crippen LogP contribution in [0.5, 0.6) is 0 Å². The lowest BCUT2D eigenvalue weighted by Gasteiger charge is -2.32. The van der Waals surface area contributed by atoms with Crippen LogP contribution >= 0.6 is 0 Å². The van der Waals surface area contributed by atoms with Gasteiger partial charge in [0.1, 0.15) is 0 Å². The van der Waals surface area contributed by atoms with Crippen LogP contribution in [0.25, 0.3) is 0 Å². The van der Waals surface area contributed by atoms with Crippen LogP contribution in [0, 0.1) is 0 Å². The molecule has 0 heterocycles. The minimum absolute atomic E-state index is 0.182. The van der Waals surface area contributed by atoms with Gasteiger partial charge in [-0.2, -0.15) is 0 Å². The van der Waals surface area contributed by atoms with Crippen LogP contribution in [0.3, 0.4) is 0 Å². The molecular formula is C13H30N2O2S. The molecule has 0 rings (SSSR count). The molecule has 0 aliphatic carbocycles. The zero-order valence-corrected chi connectivity index (χ0v) is 13.1. The number of nitrogens with one attached hydrogen (secondary N) is 1. The number of sulfone groups is 1. The standard InChI is InChI=1S/C13H30N2O2S/c1-5-6-7-8-9-10-11-12(15-14)13(2,3)18(4,16)17/h12,15H,5-11,14H2,1-4H3. The van der Waals surface area contributed by atoms with E-state index in [1.165, 1.54) is 31.9 Å². The van der Waals surface area contributed by atoms with Crippen LogP contribution in [0.4, 0.5) is 0 Å². The largest absolute Gasteiger partial charge is 0.271 e. The van der Waals surface area contributed by atoms with Crippen molar-refractivity contribution in [3.8, 4) is 0 Å². The van der Waals surface area contributed by atoms with E-state index in [-0.39, 0.29) is 6.04 Å². The van der Waals surface area contributed by atoms with Gasteiger partial charge in [0.15, 0.2) is 9.84 Å². The highest BCUT2D eigenvalue weighted by Gasteiger charge is 2.37. The van der Waals surface area contributed by atoms with Gasteiger partial charge in [-0.05, 0) is 20.3 Å². The van der Waals surface area contributed by atoms with E-state index in [0.717, 1.165) is 19.3 Å². The fourth-order valence-corrected chi connectivity index (χ4v) is 2.72. The van der Waals surface area contributed by atoms with Crippen molar-refractivity contribution < 1.29 is 8.42 Å². The molecule has 1 atom stereocenters. The molecule has 1 unspecified atom stereocenters. The van der Waals surface area contributed by atoms with Gasteiger partial charge in [0.05, 0.1) is 4.75 Å². The zero-order chi connectivity index (χ0) is 14.2. The van der Waals surface area contributed by atoms with Crippen LogP contribution in [0.2, 0.25) is 0 Å². The number of unbranched alkanes of at least 4 members (excludes halogenated alkanes) is 5. The summed E-state index contributed by atoms with van der Waals surface area (Å²) in [4.78, 5) is 0. The monoisotopic (exact) mass is 278 g/mol. The summed E-state index contributed by atoms with van der Waals surface area (Å²) in [6.45, 7) is 5.68. The van der Waals surface area contributed by atoms with E-state index in [2.05, 4.69) is 12.3 Å². The maximum Gasteiger partial charge on any atom is 0.154 e. The molecule has 4 nitrogen and oxygen atoms in total. The summed E-state index contributed by atoms with van der Waals surface area (Å²) in [5.41, 5.74) is 2.67. The van der Waals surface area contributed by atoms with Crippen molar-refractivity contribution in [2.75, 3.05) is 6.26 Å². The van der Waals surface area contributed by atoms with E-state index < -0.39 is 14.6 Å². The molecule has 0 aromatic heterocycles. The van der Waals surface area contributed by atoms with Crippen molar-refractivity contribution in [2.24, 2.45) is 5.84 Å². The van der Waals surface area contributed by atoms with E-state index in [1.54, 1.807) is 13.8 Å². The molecule has 3 N–H and O–H groups in total. The molecule has 110 valence electrons. The van der Waals surface area contributed by atoms with Gasteiger partial charge >= 0.3 is 0 Å². The number of hydrogen-bond acceptors (Lipinski definition) is 4. The first-order chi connectivity index (χ1) is 8.27. The summed E-state index contributed by atoms with van der Waals surface area (Å²) < 4.78 is 22.6. The molecule has 0 bridgehead atoms. The van der Waals surface area contributed by atoms with E-state index >= 15 is 0 Å². The Morgan fingerprint density at radius 1 is 1.11 bits per heavy atom. The molecule has 0 fully saturated rings. The third-order valence-electron chi connectivity index (χ3n) is 3.84. The lowest BCUT2D eigenvalue weighted by Crippen LogP contribution is -2.53. The molecule has 0 aromatic rings. The Balaban J connectivity index is 4.13. The average Bonchev–Trinajstić information content (AvgIpc) is 2.26. The predicted octanol–water partition coefficient (Wildman–Crippen LogP) is 2.39. The van der Waals surface area contributed by atoms with Gasteiger partial charge in [0.2, 0.25) is 0 Å². The maximum absolute atomic E-state index is 11.7. The van der Waals surface area contributed by atoms with Gasteiger partial charge in [0.25, 0.3) is 0 Å². The van der Waals surface area contributed by atoms with Crippen LogP contribution < -0.4 is 11.3 Å². The number of nitrogens with two attached hydrogens (primary N) is 1. The van der Waals surface area contributed by atoms with Crippen LogP contribution in [0.1, 0.15) is 65.7 Å².